The average Bonchev–Trinajstić information content (AvgIpc) is 3.11. The zero-order valence-corrected chi connectivity index (χ0v) is 17.4. The van der Waals surface area contributed by atoms with Crippen LogP contribution in [0.15, 0.2) is 46.9 Å². The van der Waals surface area contributed by atoms with Crippen molar-refractivity contribution in [3.8, 4) is 5.75 Å². The zero-order valence-electron chi connectivity index (χ0n) is 15.8. The standard InChI is InChI=1S/C22H23BrN2O4/c23-15-3-6-20-19(11-15)18-7-9-25(13-27)22(21(18)24-20)14-1-4-17(5-2-14)29-10-8-16(28)12-26/h1-6,11,13,16,22,24,26,28H,7-10,12H2/t16-,22?/m0/s1. The summed E-state index contributed by atoms with van der Waals surface area (Å²) in [6, 6.07) is 13.7. The van der Waals surface area contributed by atoms with Gasteiger partial charge in [0, 0.05) is 34.0 Å². The summed E-state index contributed by atoms with van der Waals surface area (Å²) < 4.78 is 6.67. The number of carbonyl (C=O) groups excluding carboxylic acids is 1. The predicted molar refractivity (Wildman–Crippen MR) is 114 cm³/mol. The lowest BCUT2D eigenvalue weighted by Gasteiger charge is -2.33. The summed E-state index contributed by atoms with van der Waals surface area (Å²) in [6.45, 7) is 0.721. The van der Waals surface area contributed by atoms with E-state index in [0.717, 1.165) is 34.1 Å². The van der Waals surface area contributed by atoms with Crippen LogP contribution in [0.2, 0.25) is 0 Å². The van der Waals surface area contributed by atoms with Crippen LogP contribution in [0.3, 0.4) is 0 Å². The van der Waals surface area contributed by atoms with Gasteiger partial charge in [0.2, 0.25) is 6.41 Å². The van der Waals surface area contributed by atoms with Crippen molar-refractivity contribution in [2.75, 3.05) is 19.8 Å². The molecule has 3 aromatic rings. The fourth-order valence-corrected chi connectivity index (χ4v) is 4.26. The summed E-state index contributed by atoms with van der Waals surface area (Å²) in [5.41, 5.74) is 4.38. The summed E-state index contributed by atoms with van der Waals surface area (Å²) in [5.74, 6) is 0.688. The zero-order chi connectivity index (χ0) is 20.4. The van der Waals surface area contributed by atoms with Crippen LogP contribution in [0.5, 0.6) is 5.75 Å². The number of fused-ring (bicyclic) bond motifs is 3. The number of aliphatic hydroxyl groups excluding tert-OH is 2. The van der Waals surface area contributed by atoms with E-state index in [9.17, 15) is 9.90 Å². The number of hydrogen-bond donors (Lipinski definition) is 3. The molecule has 0 spiro atoms. The van der Waals surface area contributed by atoms with Crippen molar-refractivity contribution in [1.82, 2.24) is 9.88 Å². The number of rotatable bonds is 7. The van der Waals surface area contributed by atoms with Crippen LogP contribution in [-0.4, -0.2) is 52.4 Å². The molecule has 1 aliphatic heterocycles. The number of hydrogen-bond acceptors (Lipinski definition) is 4. The molecule has 0 saturated carbocycles. The van der Waals surface area contributed by atoms with E-state index in [1.807, 2.05) is 35.2 Å². The Morgan fingerprint density at radius 1 is 1.28 bits per heavy atom. The van der Waals surface area contributed by atoms with Gasteiger partial charge in [-0.25, -0.2) is 0 Å². The van der Waals surface area contributed by atoms with Crippen molar-refractivity contribution >= 4 is 33.2 Å². The molecule has 152 valence electrons. The molecule has 29 heavy (non-hydrogen) atoms. The second-order valence-electron chi connectivity index (χ2n) is 7.25. The van der Waals surface area contributed by atoms with Crippen molar-refractivity contribution in [2.45, 2.75) is 25.0 Å². The minimum absolute atomic E-state index is 0.173. The number of carbonyl (C=O) groups is 1. The van der Waals surface area contributed by atoms with E-state index in [2.05, 4.69) is 33.0 Å². The molecule has 2 aromatic carbocycles. The largest absolute Gasteiger partial charge is 0.493 e. The molecule has 1 aromatic heterocycles. The van der Waals surface area contributed by atoms with E-state index in [1.165, 1.54) is 10.9 Å². The van der Waals surface area contributed by atoms with Gasteiger partial charge in [0.05, 0.1) is 25.4 Å². The van der Waals surface area contributed by atoms with E-state index in [-0.39, 0.29) is 12.6 Å². The van der Waals surface area contributed by atoms with Crippen LogP contribution in [0.25, 0.3) is 10.9 Å². The molecule has 1 aliphatic rings. The SMILES string of the molecule is O=CN1CCc2c([nH]c3ccc(Br)cc23)C1c1ccc(OCC[C@H](O)CO)cc1. The second kappa shape index (κ2) is 8.57. The number of halogens is 1. The van der Waals surface area contributed by atoms with Gasteiger partial charge in [-0.1, -0.05) is 28.1 Å². The molecule has 7 heteroatoms. The van der Waals surface area contributed by atoms with E-state index in [1.54, 1.807) is 0 Å². The number of ether oxygens (including phenoxy) is 1. The second-order valence-corrected chi connectivity index (χ2v) is 8.16. The normalized spacial score (nSPS) is 17.2. The van der Waals surface area contributed by atoms with Gasteiger partial charge in [-0.2, -0.15) is 0 Å². The molecule has 0 saturated heterocycles. The molecular weight excluding hydrogens is 436 g/mol. The first-order chi connectivity index (χ1) is 14.1. The first-order valence-electron chi connectivity index (χ1n) is 9.63. The van der Waals surface area contributed by atoms with Crippen molar-refractivity contribution in [1.29, 1.82) is 0 Å². The molecule has 0 aliphatic carbocycles. The Morgan fingerprint density at radius 3 is 2.79 bits per heavy atom. The molecule has 0 fully saturated rings. The van der Waals surface area contributed by atoms with Crippen LogP contribution in [0.1, 0.15) is 29.3 Å². The lowest BCUT2D eigenvalue weighted by atomic mass is 9.93. The third-order valence-electron chi connectivity index (χ3n) is 5.39. The highest BCUT2D eigenvalue weighted by Crippen LogP contribution is 2.38. The fourth-order valence-electron chi connectivity index (χ4n) is 3.90. The molecule has 4 rings (SSSR count). The Morgan fingerprint density at radius 2 is 2.07 bits per heavy atom. The third kappa shape index (κ3) is 4.03. The Hall–Kier alpha value is -2.35. The number of aromatic nitrogens is 1. The van der Waals surface area contributed by atoms with Gasteiger partial charge in [-0.05, 0) is 47.9 Å². The summed E-state index contributed by atoms with van der Waals surface area (Å²) in [6.07, 6.45) is 1.33. The highest BCUT2D eigenvalue weighted by atomic mass is 79.9. The molecule has 3 N–H and O–H groups in total. The summed E-state index contributed by atoms with van der Waals surface area (Å²) in [7, 11) is 0. The maximum absolute atomic E-state index is 11.8. The van der Waals surface area contributed by atoms with Gasteiger partial charge in [-0.3, -0.25) is 4.79 Å². The number of H-pyrrole nitrogens is 1. The Bertz CT molecular complexity index is 1000. The number of benzene rings is 2. The number of nitrogens with zero attached hydrogens (tertiary/aromatic N) is 1. The van der Waals surface area contributed by atoms with Gasteiger partial charge in [0.1, 0.15) is 5.75 Å². The van der Waals surface area contributed by atoms with Crippen molar-refractivity contribution in [3.05, 3.63) is 63.8 Å². The van der Waals surface area contributed by atoms with E-state index in [4.69, 9.17) is 9.84 Å². The molecule has 1 unspecified atom stereocenters. The Kier molecular flexibility index (Phi) is 5.89. The predicted octanol–water partition coefficient (Wildman–Crippen LogP) is 3.16. The van der Waals surface area contributed by atoms with Gasteiger partial charge < -0.3 is 24.8 Å². The van der Waals surface area contributed by atoms with Gasteiger partial charge in [0.15, 0.2) is 0 Å². The minimum atomic E-state index is -0.766. The molecule has 0 bridgehead atoms. The molecule has 1 amide bonds. The van der Waals surface area contributed by atoms with Crippen molar-refractivity contribution in [2.24, 2.45) is 0 Å². The topological polar surface area (TPSA) is 85.8 Å². The highest BCUT2D eigenvalue weighted by Gasteiger charge is 2.31. The van der Waals surface area contributed by atoms with Crippen LogP contribution < -0.4 is 4.74 Å². The lowest BCUT2D eigenvalue weighted by Crippen LogP contribution is -2.34. The number of aromatic amines is 1. The smallest absolute Gasteiger partial charge is 0.210 e. The Balaban J connectivity index is 1.61. The van der Waals surface area contributed by atoms with Gasteiger partial charge in [0.25, 0.3) is 0 Å². The number of amides is 1. The summed E-state index contributed by atoms with van der Waals surface area (Å²) >= 11 is 3.55. The first-order valence-corrected chi connectivity index (χ1v) is 10.4. The fraction of sp³-hybridized carbons (Fsp3) is 0.318. The van der Waals surface area contributed by atoms with Crippen LogP contribution in [0.4, 0.5) is 0 Å². The average molecular weight is 459 g/mol. The number of aliphatic hydroxyl groups is 2. The molecule has 2 heterocycles. The third-order valence-corrected chi connectivity index (χ3v) is 5.88. The highest BCUT2D eigenvalue weighted by molar-refractivity contribution is 9.10. The molecule has 6 nitrogen and oxygen atoms in total. The minimum Gasteiger partial charge on any atom is -0.493 e. The summed E-state index contributed by atoms with van der Waals surface area (Å²) in [5, 5.41) is 19.5. The monoisotopic (exact) mass is 458 g/mol. The van der Waals surface area contributed by atoms with E-state index >= 15 is 0 Å². The van der Waals surface area contributed by atoms with E-state index in [0.29, 0.717) is 25.3 Å². The van der Waals surface area contributed by atoms with E-state index < -0.39 is 6.10 Å². The van der Waals surface area contributed by atoms with Crippen LogP contribution in [-0.2, 0) is 11.2 Å². The van der Waals surface area contributed by atoms with Gasteiger partial charge >= 0.3 is 0 Å². The number of nitrogens with one attached hydrogen (secondary N) is 1. The quantitative estimate of drug-likeness (QED) is 0.474. The lowest BCUT2D eigenvalue weighted by molar-refractivity contribution is -0.120. The summed E-state index contributed by atoms with van der Waals surface area (Å²) in [4.78, 5) is 17.1. The molecule has 0 radical (unpaired) electrons. The first kappa shape index (κ1) is 19.9. The maximum Gasteiger partial charge on any atom is 0.210 e. The Labute approximate surface area is 177 Å². The maximum atomic E-state index is 11.8. The van der Waals surface area contributed by atoms with Crippen molar-refractivity contribution < 1.29 is 19.7 Å². The van der Waals surface area contributed by atoms with Crippen molar-refractivity contribution in [3.63, 3.8) is 0 Å². The van der Waals surface area contributed by atoms with Crippen LogP contribution >= 0.6 is 15.9 Å². The van der Waals surface area contributed by atoms with Crippen LogP contribution in [0, 0.1) is 0 Å². The molecule has 2 atom stereocenters. The van der Waals surface area contributed by atoms with Gasteiger partial charge in [-0.15, -0.1) is 0 Å². The molecular formula is C22H23BrN2O4.